The van der Waals surface area contributed by atoms with Crippen LogP contribution in [0.3, 0.4) is 0 Å². The van der Waals surface area contributed by atoms with Crippen molar-refractivity contribution in [2.45, 2.75) is 0 Å². The molecule has 0 saturated heterocycles. The lowest BCUT2D eigenvalue weighted by molar-refractivity contribution is 1.02. The highest BCUT2D eigenvalue weighted by atomic mass is 35.5. The minimum absolute atomic E-state index is 0. The fourth-order valence-electron chi connectivity index (χ4n) is 1.32. The summed E-state index contributed by atoms with van der Waals surface area (Å²) in [7, 11) is 0. The summed E-state index contributed by atoms with van der Waals surface area (Å²) in [6.45, 7) is 1.41. The first kappa shape index (κ1) is 18.9. The second-order valence-electron chi connectivity index (χ2n) is 3.78. The van der Waals surface area contributed by atoms with Crippen molar-refractivity contribution in [3.63, 3.8) is 0 Å². The highest BCUT2D eigenvalue weighted by Gasteiger charge is 1.90. The van der Waals surface area contributed by atoms with Crippen molar-refractivity contribution in [1.82, 2.24) is 0 Å². The molecule has 0 aliphatic carbocycles. The van der Waals surface area contributed by atoms with Crippen molar-refractivity contribution in [3.8, 4) is 0 Å². The summed E-state index contributed by atoms with van der Waals surface area (Å²) in [5.41, 5.74) is 12.4. The van der Waals surface area contributed by atoms with Gasteiger partial charge in [-0.15, -0.1) is 12.4 Å². The van der Waals surface area contributed by atoms with E-state index in [0.29, 0.717) is 17.3 Å². The summed E-state index contributed by atoms with van der Waals surface area (Å²) < 4.78 is 0. The number of anilines is 2. The Morgan fingerprint density at radius 1 is 0.950 bits per heavy atom. The zero-order valence-corrected chi connectivity index (χ0v) is 13.2. The molecule has 0 aliphatic rings. The summed E-state index contributed by atoms with van der Waals surface area (Å²) in [4.78, 5) is 0. The number of hydrogen-bond acceptors (Lipinski definition) is 3. The minimum Gasteiger partial charge on any atom is -0.399 e. The van der Waals surface area contributed by atoms with Crippen LogP contribution in [0.25, 0.3) is 0 Å². The fourth-order valence-corrected chi connectivity index (χ4v) is 1.71. The number of rotatable bonds is 3. The normalized spacial score (nSPS) is 8.95. The molecule has 0 radical (unpaired) electrons. The number of nitrogens with two attached hydrogens (primary N) is 2. The van der Waals surface area contributed by atoms with Gasteiger partial charge in [-0.05, 0) is 36.4 Å². The average molecular weight is 335 g/mol. The molecule has 2 aromatic rings. The van der Waals surface area contributed by atoms with Gasteiger partial charge in [0.15, 0.2) is 0 Å². The van der Waals surface area contributed by atoms with Crippen LogP contribution in [-0.2, 0) is 0 Å². The first-order chi connectivity index (χ1) is 9.11. The van der Waals surface area contributed by atoms with Crippen LogP contribution >= 0.6 is 35.6 Å². The molecule has 3 nitrogen and oxygen atoms in total. The number of nitrogen functional groups attached to an aromatic ring is 1. The Morgan fingerprint density at radius 3 is 2.00 bits per heavy atom. The van der Waals surface area contributed by atoms with E-state index >= 15 is 0 Å². The number of halogens is 3. The van der Waals surface area contributed by atoms with Gasteiger partial charge in [0, 0.05) is 34.5 Å². The monoisotopic (exact) mass is 333 g/mol. The molecule has 110 valence electrons. The molecule has 0 fully saturated rings. The van der Waals surface area contributed by atoms with Gasteiger partial charge in [-0.3, -0.25) is 0 Å². The summed E-state index contributed by atoms with van der Waals surface area (Å²) in [5.74, 6) is 0. The van der Waals surface area contributed by atoms with E-state index in [0.717, 1.165) is 17.3 Å². The Bertz CT molecular complexity index is 489. The van der Waals surface area contributed by atoms with Crippen molar-refractivity contribution >= 4 is 47.0 Å². The second kappa shape index (κ2) is 10.6. The van der Waals surface area contributed by atoms with E-state index in [4.69, 9.17) is 34.7 Å². The lowest BCUT2D eigenvalue weighted by Crippen LogP contribution is -2.12. The molecule has 0 spiro atoms. The van der Waals surface area contributed by atoms with Crippen molar-refractivity contribution < 1.29 is 0 Å². The van der Waals surface area contributed by atoms with Crippen LogP contribution in [0, 0.1) is 0 Å². The lowest BCUT2D eigenvalue weighted by Gasteiger charge is -2.03. The summed E-state index contributed by atoms with van der Waals surface area (Å²) in [6.07, 6.45) is 0. The summed E-state index contributed by atoms with van der Waals surface area (Å²) in [5, 5.41) is 4.55. The molecule has 0 aromatic heterocycles. The van der Waals surface area contributed by atoms with Gasteiger partial charge < -0.3 is 16.8 Å². The fraction of sp³-hybridized carbons (Fsp3) is 0.143. The molecule has 0 atom stereocenters. The topological polar surface area (TPSA) is 64.1 Å². The molecule has 6 heteroatoms. The SMILES string of the molecule is Cl.NCCNc1cccc(Cl)c1.Nc1cccc(Cl)c1. The molecule has 20 heavy (non-hydrogen) atoms. The van der Waals surface area contributed by atoms with E-state index in [1.807, 2.05) is 30.3 Å². The third kappa shape index (κ3) is 8.12. The first-order valence-corrected chi connectivity index (χ1v) is 6.58. The van der Waals surface area contributed by atoms with Gasteiger partial charge >= 0.3 is 0 Å². The van der Waals surface area contributed by atoms with Crippen LogP contribution in [-0.4, -0.2) is 13.1 Å². The predicted octanol–water partition coefficient (Wildman–Crippen LogP) is 4.05. The Labute approximate surface area is 135 Å². The van der Waals surface area contributed by atoms with Gasteiger partial charge in [0.25, 0.3) is 0 Å². The molecular weight excluding hydrogens is 317 g/mol. The van der Waals surface area contributed by atoms with E-state index < -0.39 is 0 Å². The zero-order chi connectivity index (χ0) is 14.1. The van der Waals surface area contributed by atoms with Crippen LogP contribution in [0.1, 0.15) is 0 Å². The van der Waals surface area contributed by atoms with Gasteiger partial charge in [-0.25, -0.2) is 0 Å². The Kier molecular flexibility index (Phi) is 10.0. The maximum atomic E-state index is 5.75. The van der Waals surface area contributed by atoms with Crippen molar-refractivity contribution in [3.05, 3.63) is 58.6 Å². The third-order valence-corrected chi connectivity index (χ3v) is 2.62. The van der Waals surface area contributed by atoms with Crippen LogP contribution in [0.15, 0.2) is 48.5 Å². The van der Waals surface area contributed by atoms with E-state index in [1.165, 1.54) is 0 Å². The molecule has 0 bridgehead atoms. The molecular formula is C14H18Cl3N3. The van der Waals surface area contributed by atoms with Gasteiger partial charge in [-0.1, -0.05) is 35.3 Å². The highest BCUT2D eigenvalue weighted by molar-refractivity contribution is 6.31. The third-order valence-electron chi connectivity index (χ3n) is 2.15. The molecule has 0 amide bonds. The molecule has 2 aromatic carbocycles. The minimum atomic E-state index is 0. The van der Waals surface area contributed by atoms with Crippen LogP contribution < -0.4 is 16.8 Å². The van der Waals surface area contributed by atoms with Gasteiger partial charge in [0.1, 0.15) is 0 Å². The van der Waals surface area contributed by atoms with Crippen LogP contribution in [0.2, 0.25) is 10.0 Å². The quantitative estimate of drug-likeness (QED) is 0.742. The smallest absolute Gasteiger partial charge is 0.0426 e. The van der Waals surface area contributed by atoms with Crippen molar-refractivity contribution in [2.24, 2.45) is 5.73 Å². The standard InChI is InChI=1S/C8H11ClN2.C6H6ClN.ClH/c9-7-2-1-3-8(6-7)11-5-4-10;7-5-2-1-3-6(8)4-5;/h1-3,6,11H,4-5,10H2;1-4H,8H2;1H. The molecule has 0 heterocycles. The van der Waals surface area contributed by atoms with Crippen LogP contribution in [0.5, 0.6) is 0 Å². The zero-order valence-electron chi connectivity index (χ0n) is 10.9. The second-order valence-corrected chi connectivity index (χ2v) is 4.65. The predicted molar refractivity (Wildman–Crippen MR) is 92.1 cm³/mol. The van der Waals surface area contributed by atoms with E-state index in [1.54, 1.807) is 18.2 Å². The molecule has 0 aliphatic heterocycles. The molecule has 5 N–H and O–H groups in total. The highest BCUT2D eigenvalue weighted by Crippen LogP contribution is 2.14. The van der Waals surface area contributed by atoms with Crippen molar-refractivity contribution in [2.75, 3.05) is 24.1 Å². The number of nitrogens with one attached hydrogen (secondary N) is 1. The van der Waals surface area contributed by atoms with Gasteiger partial charge in [-0.2, -0.15) is 0 Å². The first-order valence-electron chi connectivity index (χ1n) is 5.82. The number of hydrogen-bond donors (Lipinski definition) is 3. The van der Waals surface area contributed by atoms with Gasteiger partial charge in [0.05, 0.1) is 0 Å². The largest absolute Gasteiger partial charge is 0.399 e. The Balaban J connectivity index is 0.000000359. The van der Waals surface area contributed by atoms with E-state index in [9.17, 15) is 0 Å². The van der Waals surface area contributed by atoms with E-state index in [2.05, 4.69) is 5.32 Å². The molecule has 2 rings (SSSR count). The Hall–Kier alpha value is -1.13. The number of benzene rings is 2. The summed E-state index contributed by atoms with van der Waals surface area (Å²) in [6, 6.07) is 14.7. The summed E-state index contributed by atoms with van der Waals surface area (Å²) >= 11 is 11.3. The van der Waals surface area contributed by atoms with Crippen LogP contribution in [0.4, 0.5) is 11.4 Å². The molecule has 0 saturated carbocycles. The Morgan fingerprint density at radius 2 is 1.55 bits per heavy atom. The maximum Gasteiger partial charge on any atom is 0.0426 e. The lowest BCUT2D eigenvalue weighted by atomic mass is 10.3. The molecule has 0 unspecified atom stereocenters. The maximum absolute atomic E-state index is 5.75. The van der Waals surface area contributed by atoms with Gasteiger partial charge in [0.2, 0.25) is 0 Å². The average Bonchev–Trinajstić information content (AvgIpc) is 2.37. The van der Waals surface area contributed by atoms with E-state index in [-0.39, 0.29) is 12.4 Å². The van der Waals surface area contributed by atoms with Crippen molar-refractivity contribution in [1.29, 1.82) is 0 Å².